The monoisotopic (exact) mass is 245 g/mol. The predicted molar refractivity (Wildman–Crippen MR) is 70.0 cm³/mol. The van der Waals surface area contributed by atoms with E-state index in [2.05, 4.69) is 9.97 Å². The summed E-state index contributed by atoms with van der Waals surface area (Å²) in [6, 6.07) is 8.45. The Bertz CT molecular complexity index is 517. The lowest BCUT2D eigenvalue weighted by molar-refractivity contribution is 0.627. The van der Waals surface area contributed by atoms with Crippen LogP contribution in [0.25, 0.3) is 0 Å². The number of benzene rings is 1. The highest BCUT2D eigenvalue weighted by molar-refractivity contribution is 5.39. The van der Waals surface area contributed by atoms with Gasteiger partial charge in [0.15, 0.2) is 0 Å². The summed E-state index contributed by atoms with van der Waals surface area (Å²) in [7, 11) is 1.96. The largest absolute Gasteiger partial charge is 0.355 e. The second-order valence-electron chi connectivity index (χ2n) is 4.40. The van der Waals surface area contributed by atoms with Gasteiger partial charge in [-0.25, -0.2) is 14.4 Å². The summed E-state index contributed by atoms with van der Waals surface area (Å²) in [6.45, 7) is 4.52. The van der Waals surface area contributed by atoms with E-state index >= 15 is 0 Å². The van der Waals surface area contributed by atoms with E-state index in [9.17, 15) is 4.39 Å². The zero-order valence-corrected chi connectivity index (χ0v) is 10.8. The number of aromatic nitrogens is 2. The first-order valence-electron chi connectivity index (χ1n) is 5.82. The van der Waals surface area contributed by atoms with Crippen LogP contribution in [0.2, 0.25) is 0 Å². The van der Waals surface area contributed by atoms with Crippen LogP contribution in [0.3, 0.4) is 0 Å². The third-order valence-corrected chi connectivity index (χ3v) is 2.68. The van der Waals surface area contributed by atoms with Crippen molar-refractivity contribution < 1.29 is 4.39 Å². The summed E-state index contributed by atoms with van der Waals surface area (Å²) in [5, 5.41) is 0. The van der Waals surface area contributed by atoms with E-state index in [1.165, 1.54) is 12.1 Å². The van der Waals surface area contributed by atoms with Gasteiger partial charge < -0.3 is 4.90 Å². The quantitative estimate of drug-likeness (QED) is 0.832. The molecule has 0 aliphatic carbocycles. The topological polar surface area (TPSA) is 29.0 Å². The maximum atomic E-state index is 12.8. The van der Waals surface area contributed by atoms with Gasteiger partial charge in [-0.3, -0.25) is 0 Å². The van der Waals surface area contributed by atoms with Crippen LogP contribution in [-0.4, -0.2) is 17.0 Å². The number of anilines is 1. The molecular formula is C14H16FN3. The third-order valence-electron chi connectivity index (χ3n) is 2.68. The smallest absolute Gasteiger partial charge is 0.132 e. The lowest BCUT2D eigenvalue weighted by Gasteiger charge is -2.18. The van der Waals surface area contributed by atoms with Gasteiger partial charge >= 0.3 is 0 Å². The molecule has 0 aliphatic heterocycles. The number of rotatable bonds is 3. The number of hydrogen-bond acceptors (Lipinski definition) is 3. The Morgan fingerprint density at radius 3 is 2.39 bits per heavy atom. The first-order chi connectivity index (χ1) is 8.54. The zero-order chi connectivity index (χ0) is 13.1. The molecule has 0 bridgehead atoms. The molecule has 0 radical (unpaired) electrons. The Labute approximate surface area is 106 Å². The van der Waals surface area contributed by atoms with Crippen LogP contribution in [-0.2, 0) is 6.54 Å². The van der Waals surface area contributed by atoms with E-state index in [-0.39, 0.29) is 5.82 Å². The molecule has 2 rings (SSSR count). The van der Waals surface area contributed by atoms with Gasteiger partial charge in [0.05, 0.1) is 0 Å². The molecule has 0 saturated heterocycles. The summed E-state index contributed by atoms with van der Waals surface area (Å²) in [6.07, 6.45) is 0. The van der Waals surface area contributed by atoms with Gasteiger partial charge in [0, 0.05) is 25.4 Å². The summed E-state index contributed by atoms with van der Waals surface area (Å²) in [4.78, 5) is 10.7. The summed E-state index contributed by atoms with van der Waals surface area (Å²) >= 11 is 0. The highest BCUT2D eigenvalue weighted by Gasteiger charge is 2.05. The molecule has 2 aromatic rings. The summed E-state index contributed by atoms with van der Waals surface area (Å²) in [5.74, 6) is 1.43. The standard InChI is InChI=1S/C14H16FN3/c1-10-8-14(17-11(2)16-10)18(3)9-12-4-6-13(15)7-5-12/h4-8H,9H2,1-3H3. The Kier molecular flexibility index (Phi) is 3.55. The molecule has 0 atom stereocenters. The fourth-order valence-corrected chi connectivity index (χ4v) is 1.84. The molecule has 0 amide bonds. The van der Waals surface area contributed by atoms with Crippen LogP contribution in [0.4, 0.5) is 10.2 Å². The highest BCUT2D eigenvalue weighted by atomic mass is 19.1. The van der Waals surface area contributed by atoms with Gasteiger partial charge in [0.1, 0.15) is 17.5 Å². The van der Waals surface area contributed by atoms with Gasteiger partial charge in [-0.2, -0.15) is 0 Å². The maximum absolute atomic E-state index is 12.8. The molecule has 0 unspecified atom stereocenters. The molecule has 0 N–H and O–H groups in total. The van der Waals surface area contributed by atoms with Crippen molar-refractivity contribution in [1.29, 1.82) is 0 Å². The van der Waals surface area contributed by atoms with Crippen LogP contribution in [0.15, 0.2) is 30.3 Å². The summed E-state index contributed by atoms with van der Waals surface area (Å²) < 4.78 is 12.8. The zero-order valence-electron chi connectivity index (χ0n) is 10.8. The lowest BCUT2D eigenvalue weighted by Crippen LogP contribution is -2.18. The highest BCUT2D eigenvalue weighted by Crippen LogP contribution is 2.14. The molecule has 0 fully saturated rings. The second-order valence-corrected chi connectivity index (χ2v) is 4.40. The molecule has 0 saturated carbocycles. The van der Waals surface area contributed by atoms with Crippen LogP contribution in [0.1, 0.15) is 17.1 Å². The number of halogens is 1. The van der Waals surface area contributed by atoms with Crippen molar-refractivity contribution in [1.82, 2.24) is 9.97 Å². The van der Waals surface area contributed by atoms with Crippen LogP contribution >= 0.6 is 0 Å². The van der Waals surface area contributed by atoms with E-state index < -0.39 is 0 Å². The predicted octanol–water partition coefficient (Wildman–Crippen LogP) is 2.87. The Morgan fingerprint density at radius 1 is 1.11 bits per heavy atom. The molecule has 3 nitrogen and oxygen atoms in total. The van der Waals surface area contributed by atoms with E-state index in [1.54, 1.807) is 12.1 Å². The maximum Gasteiger partial charge on any atom is 0.132 e. The van der Waals surface area contributed by atoms with Gasteiger partial charge in [-0.05, 0) is 31.5 Å². The number of aryl methyl sites for hydroxylation is 2. The number of nitrogens with zero attached hydrogens (tertiary/aromatic N) is 3. The Balaban J connectivity index is 2.16. The first kappa shape index (κ1) is 12.5. The minimum Gasteiger partial charge on any atom is -0.355 e. The van der Waals surface area contributed by atoms with E-state index in [0.717, 1.165) is 22.9 Å². The minimum atomic E-state index is -0.213. The van der Waals surface area contributed by atoms with Crippen molar-refractivity contribution >= 4 is 5.82 Å². The average molecular weight is 245 g/mol. The van der Waals surface area contributed by atoms with Gasteiger partial charge in [-0.15, -0.1) is 0 Å². The van der Waals surface area contributed by atoms with Crippen molar-refractivity contribution in [2.75, 3.05) is 11.9 Å². The summed E-state index contributed by atoms with van der Waals surface area (Å²) in [5.41, 5.74) is 2.00. The molecule has 18 heavy (non-hydrogen) atoms. The molecule has 94 valence electrons. The van der Waals surface area contributed by atoms with E-state index in [0.29, 0.717) is 6.54 Å². The average Bonchev–Trinajstić information content (AvgIpc) is 2.31. The van der Waals surface area contributed by atoms with Crippen molar-refractivity contribution in [3.05, 3.63) is 53.2 Å². The van der Waals surface area contributed by atoms with Gasteiger partial charge in [0.25, 0.3) is 0 Å². The second kappa shape index (κ2) is 5.12. The lowest BCUT2D eigenvalue weighted by atomic mass is 10.2. The van der Waals surface area contributed by atoms with Gasteiger partial charge in [-0.1, -0.05) is 12.1 Å². The fraction of sp³-hybridized carbons (Fsp3) is 0.286. The van der Waals surface area contributed by atoms with Gasteiger partial charge in [0.2, 0.25) is 0 Å². The fourth-order valence-electron chi connectivity index (χ4n) is 1.84. The van der Waals surface area contributed by atoms with Crippen LogP contribution < -0.4 is 4.90 Å². The molecule has 1 heterocycles. The SMILES string of the molecule is Cc1cc(N(C)Cc2ccc(F)cc2)nc(C)n1. The molecule has 4 heteroatoms. The molecular weight excluding hydrogens is 229 g/mol. The normalized spacial score (nSPS) is 10.4. The van der Waals surface area contributed by atoms with Crippen molar-refractivity contribution in [2.45, 2.75) is 20.4 Å². The van der Waals surface area contributed by atoms with E-state index in [4.69, 9.17) is 0 Å². The molecule has 1 aromatic carbocycles. The number of hydrogen-bond donors (Lipinski definition) is 0. The molecule has 0 spiro atoms. The van der Waals surface area contributed by atoms with Crippen LogP contribution in [0.5, 0.6) is 0 Å². The minimum absolute atomic E-state index is 0.213. The molecule has 0 aliphatic rings. The van der Waals surface area contributed by atoms with Crippen molar-refractivity contribution in [3.63, 3.8) is 0 Å². The van der Waals surface area contributed by atoms with Crippen molar-refractivity contribution in [3.8, 4) is 0 Å². The third kappa shape index (κ3) is 3.03. The molecule has 1 aromatic heterocycles. The van der Waals surface area contributed by atoms with Crippen molar-refractivity contribution in [2.24, 2.45) is 0 Å². The Hall–Kier alpha value is -1.97. The van der Waals surface area contributed by atoms with Crippen LogP contribution in [0, 0.1) is 19.7 Å². The Morgan fingerprint density at radius 2 is 1.78 bits per heavy atom. The first-order valence-corrected chi connectivity index (χ1v) is 5.82. The van der Waals surface area contributed by atoms with E-state index in [1.807, 2.05) is 31.9 Å².